The average Bonchev–Trinajstić information content (AvgIpc) is 3.22. The lowest BCUT2D eigenvalue weighted by Gasteiger charge is -2.30. The Morgan fingerprint density at radius 2 is 2.00 bits per heavy atom. The molecule has 1 aliphatic heterocycles. The summed E-state index contributed by atoms with van der Waals surface area (Å²) >= 11 is 1.49. The van der Waals surface area contributed by atoms with Crippen LogP contribution in [0.5, 0.6) is 5.75 Å². The molecule has 11 heteroatoms. The molecule has 0 aliphatic carbocycles. The summed E-state index contributed by atoms with van der Waals surface area (Å²) in [6, 6.07) is 10.6. The molecule has 0 amide bonds. The van der Waals surface area contributed by atoms with Gasteiger partial charge >= 0.3 is 15.5 Å². The number of halogens is 3. The van der Waals surface area contributed by atoms with Gasteiger partial charge in [0, 0.05) is 28.1 Å². The Hall–Kier alpha value is -2.63. The first-order valence-corrected chi connectivity index (χ1v) is 11.5. The van der Waals surface area contributed by atoms with Gasteiger partial charge in [0.1, 0.15) is 5.75 Å². The Balaban J connectivity index is 1.62. The summed E-state index contributed by atoms with van der Waals surface area (Å²) in [7, 11) is -5.57. The van der Waals surface area contributed by atoms with Crippen molar-refractivity contribution in [3.63, 3.8) is 0 Å². The minimum Gasteiger partial charge on any atom is -0.493 e. The van der Waals surface area contributed by atoms with Gasteiger partial charge in [-0.1, -0.05) is 30.3 Å². The molecular formula is C20H17F3N2O4S2. The number of ether oxygens (including phenoxy) is 1. The Labute approximate surface area is 180 Å². The highest BCUT2D eigenvalue weighted by molar-refractivity contribution is 7.93. The van der Waals surface area contributed by atoms with Gasteiger partial charge in [-0.3, -0.25) is 9.71 Å². The Kier molecular flexibility index (Phi) is 5.67. The molecule has 2 atom stereocenters. The number of fused-ring (bicyclic) bond motifs is 1. The van der Waals surface area contributed by atoms with Crippen molar-refractivity contribution < 1.29 is 31.4 Å². The zero-order chi connectivity index (χ0) is 22.2. The molecule has 4 rings (SSSR count). The van der Waals surface area contributed by atoms with Crippen molar-refractivity contribution in [3.8, 4) is 16.9 Å². The molecule has 0 saturated heterocycles. The summed E-state index contributed by atoms with van der Waals surface area (Å²) in [5, 5.41) is 10.8. The summed E-state index contributed by atoms with van der Waals surface area (Å²) < 4.78 is 68.9. The van der Waals surface area contributed by atoms with Gasteiger partial charge in [-0.05, 0) is 24.1 Å². The van der Waals surface area contributed by atoms with Gasteiger partial charge in [-0.15, -0.1) is 11.3 Å². The highest BCUT2D eigenvalue weighted by Gasteiger charge is 2.46. The SMILES string of the molecule is O=S(=O)(Nc1ccccc1-c1ccc2c(c1)OCC(Cc1cncs1)C2O)C(F)(F)F. The second-order valence-electron chi connectivity index (χ2n) is 7.04. The molecule has 2 heterocycles. The summed E-state index contributed by atoms with van der Waals surface area (Å²) in [6.45, 7) is 0.262. The summed E-state index contributed by atoms with van der Waals surface area (Å²) in [6.07, 6.45) is 1.57. The number of rotatable bonds is 5. The topological polar surface area (TPSA) is 88.5 Å². The van der Waals surface area contributed by atoms with Gasteiger partial charge in [0.25, 0.3) is 0 Å². The average molecular weight is 470 g/mol. The predicted octanol–water partition coefficient (Wildman–Crippen LogP) is 4.36. The van der Waals surface area contributed by atoms with Crippen LogP contribution >= 0.6 is 11.3 Å². The normalized spacial score (nSPS) is 18.8. The standard InChI is InChI=1S/C20H17F3N2O4S2/c21-20(22,23)31(27,28)25-17-4-2-1-3-15(17)12-5-6-16-18(8-12)29-10-13(19(16)26)7-14-9-24-11-30-14/h1-6,8-9,11,13,19,25-26H,7,10H2. The van der Waals surface area contributed by atoms with Crippen molar-refractivity contribution in [1.29, 1.82) is 0 Å². The molecule has 1 aliphatic rings. The number of hydrogen-bond donors (Lipinski definition) is 2. The van der Waals surface area contributed by atoms with E-state index < -0.39 is 21.6 Å². The molecule has 0 radical (unpaired) electrons. The number of thiazole rings is 1. The molecule has 2 unspecified atom stereocenters. The number of aromatic nitrogens is 1. The quantitative estimate of drug-likeness (QED) is 0.579. The van der Waals surface area contributed by atoms with Crippen molar-refractivity contribution in [3.05, 3.63) is 64.6 Å². The van der Waals surface area contributed by atoms with Crippen LogP contribution < -0.4 is 9.46 Å². The van der Waals surface area contributed by atoms with E-state index >= 15 is 0 Å². The molecule has 0 saturated carbocycles. The fourth-order valence-corrected chi connectivity index (χ4v) is 4.68. The monoisotopic (exact) mass is 470 g/mol. The van der Waals surface area contributed by atoms with E-state index in [2.05, 4.69) is 4.98 Å². The Bertz CT molecular complexity index is 1180. The molecule has 0 fully saturated rings. The number of nitrogens with zero attached hydrogens (tertiary/aromatic N) is 1. The van der Waals surface area contributed by atoms with Crippen molar-refractivity contribution in [2.75, 3.05) is 11.3 Å². The third-order valence-corrected chi connectivity index (χ3v) is 6.87. The van der Waals surface area contributed by atoms with Crippen LogP contribution in [0.25, 0.3) is 11.1 Å². The van der Waals surface area contributed by atoms with Crippen LogP contribution in [0, 0.1) is 5.92 Å². The maximum Gasteiger partial charge on any atom is 0.516 e. The number of para-hydroxylation sites is 1. The first kappa shape index (κ1) is 21.6. The van der Waals surface area contributed by atoms with Crippen LogP contribution in [0.2, 0.25) is 0 Å². The van der Waals surface area contributed by atoms with E-state index in [1.807, 2.05) is 0 Å². The fraction of sp³-hybridized carbons (Fsp3) is 0.250. The summed E-state index contributed by atoms with van der Waals surface area (Å²) in [4.78, 5) is 5.05. The smallest absolute Gasteiger partial charge is 0.493 e. The van der Waals surface area contributed by atoms with E-state index in [-0.39, 0.29) is 23.8 Å². The number of alkyl halides is 3. The van der Waals surface area contributed by atoms with Gasteiger partial charge < -0.3 is 9.84 Å². The lowest BCUT2D eigenvalue weighted by molar-refractivity contribution is -0.0429. The Morgan fingerprint density at radius 3 is 2.71 bits per heavy atom. The second-order valence-corrected chi connectivity index (χ2v) is 9.68. The van der Waals surface area contributed by atoms with Crippen molar-refractivity contribution >= 4 is 27.0 Å². The van der Waals surface area contributed by atoms with E-state index in [4.69, 9.17) is 4.74 Å². The maximum atomic E-state index is 12.8. The van der Waals surface area contributed by atoms with Crippen LogP contribution in [0.3, 0.4) is 0 Å². The van der Waals surface area contributed by atoms with Crippen molar-refractivity contribution in [1.82, 2.24) is 4.98 Å². The fourth-order valence-electron chi connectivity index (χ4n) is 3.41. The van der Waals surface area contributed by atoms with Crippen LogP contribution in [0.4, 0.5) is 18.9 Å². The largest absolute Gasteiger partial charge is 0.516 e. The van der Waals surface area contributed by atoms with E-state index in [1.54, 1.807) is 40.7 Å². The van der Waals surface area contributed by atoms with E-state index in [0.717, 1.165) is 4.88 Å². The molecule has 2 aromatic carbocycles. The lowest BCUT2D eigenvalue weighted by atomic mass is 9.89. The van der Waals surface area contributed by atoms with Crippen molar-refractivity contribution in [2.24, 2.45) is 5.92 Å². The van der Waals surface area contributed by atoms with E-state index in [9.17, 15) is 26.7 Å². The first-order valence-electron chi connectivity index (χ1n) is 9.16. The highest BCUT2D eigenvalue weighted by atomic mass is 32.2. The molecule has 1 aromatic heterocycles. The predicted molar refractivity (Wildman–Crippen MR) is 110 cm³/mol. The molecular weight excluding hydrogens is 453 g/mol. The number of hydrogen-bond acceptors (Lipinski definition) is 6. The van der Waals surface area contributed by atoms with Crippen LogP contribution in [-0.2, 0) is 16.4 Å². The Morgan fingerprint density at radius 1 is 1.23 bits per heavy atom. The number of aliphatic hydroxyl groups is 1. The zero-order valence-corrected chi connectivity index (χ0v) is 17.5. The number of aliphatic hydroxyl groups excluding tert-OH is 1. The molecule has 31 heavy (non-hydrogen) atoms. The van der Waals surface area contributed by atoms with Crippen LogP contribution in [0.15, 0.2) is 54.2 Å². The van der Waals surface area contributed by atoms with Gasteiger partial charge in [-0.2, -0.15) is 21.6 Å². The maximum absolute atomic E-state index is 12.8. The number of anilines is 1. The van der Waals surface area contributed by atoms with E-state index in [0.29, 0.717) is 23.3 Å². The molecule has 2 N–H and O–H groups in total. The minimum absolute atomic E-state index is 0.162. The number of sulfonamides is 1. The molecule has 0 spiro atoms. The molecule has 3 aromatic rings. The van der Waals surface area contributed by atoms with Gasteiger partial charge in [0.15, 0.2) is 0 Å². The number of benzene rings is 2. The summed E-state index contributed by atoms with van der Waals surface area (Å²) in [5.41, 5.74) is -2.65. The minimum atomic E-state index is -5.57. The van der Waals surface area contributed by atoms with Gasteiger partial charge in [-0.25, -0.2) is 0 Å². The molecule has 0 bridgehead atoms. The second kappa shape index (κ2) is 8.13. The van der Waals surface area contributed by atoms with Crippen LogP contribution in [-0.4, -0.2) is 30.6 Å². The summed E-state index contributed by atoms with van der Waals surface area (Å²) in [5.74, 6) is 0.240. The molecule has 164 valence electrons. The first-order chi connectivity index (χ1) is 14.7. The van der Waals surface area contributed by atoms with Crippen molar-refractivity contribution in [2.45, 2.75) is 18.0 Å². The number of nitrogens with one attached hydrogen (secondary N) is 1. The third kappa shape index (κ3) is 4.39. The van der Waals surface area contributed by atoms with Gasteiger partial charge in [0.05, 0.1) is 23.9 Å². The van der Waals surface area contributed by atoms with Gasteiger partial charge in [0.2, 0.25) is 0 Å². The zero-order valence-electron chi connectivity index (χ0n) is 15.8. The van der Waals surface area contributed by atoms with E-state index in [1.165, 1.54) is 29.5 Å². The molecule has 6 nitrogen and oxygen atoms in total. The highest BCUT2D eigenvalue weighted by Crippen LogP contribution is 2.41. The van der Waals surface area contributed by atoms with Crippen LogP contribution in [0.1, 0.15) is 16.5 Å². The lowest BCUT2D eigenvalue weighted by Crippen LogP contribution is -2.30. The third-order valence-electron chi connectivity index (χ3n) is 4.97.